The predicted octanol–water partition coefficient (Wildman–Crippen LogP) is 5.87. The summed E-state index contributed by atoms with van der Waals surface area (Å²) >= 11 is 14.0. The van der Waals surface area contributed by atoms with Gasteiger partial charge in [-0.1, -0.05) is 29.3 Å². The van der Waals surface area contributed by atoms with Gasteiger partial charge in [0.25, 0.3) is 0 Å². The molecule has 228 valence electrons. The molecule has 4 saturated carbocycles. The molecule has 41 heavy (non-hydrogen) atoms. The van der Waals surface area contributed by atoms with Crippen molar-refractivity contribution in [3.63, 3.8) is 0 Å². The third-order valence-electron chi connectivity index (χ3n) is 8.85. The molecule has 6 rings (SSSR count). The van der Waals surface area contributed by atoms with Crippen molar-refractivity contribution in [2.75, 3.05) is 12.3 Å². The lowest BCUT2D eigenvalue weighted by molar-refractivity contribution is -0.151. The Kier molecular flexibility index (Phi) is 7.99. The molecule has 1 amide bonds. The highest BCUT2D eigenvalue weighted by molar-refractivity contribution is 14.1. The van der Waals surface area contributed by atoms with Crippen LogP contribution in [-0.4, -0.2) is 63.5 Å². The summed E-state index contributed by atoms with van der Waals surface area (Å²) in [4.78, 5) is 17.8. The number of carbonyl (C=O) groups excluding carboxylic acids is 1. The molecule has 0 radical (unpaired) electrons. The van der Waals surface area contributed by atoms with E-state index < -0.39 is 54.3 Å². The molecule has 1 aromatic carbocycles. The summed E-state index contributed by atoms with van der Waals surface area (Å²) in [6, 6.07) is 4.17. The minimum atomic E-state index is -4.05. The Morgan fingerprint density at radius 2 is 1.85 bits per heavy atom. The number of benzene rings is 1. The number of carbonyl (C=O) groups is 1. The molecule has 5 aliphatic rings. The number of hydrogen-bond donors (Lipinski definition) is 2. The van der Waals surface area contributed by atoms with E-state index in [-0.39, 0.29) is 23.4 Å². The molecule has 1 aromatic rings. The SMILES string of the molecule is CC(F)(F)CCS(=O)(=O)N(Cc1ccc(Cl)c(Cl)c1)C12CC(C3=N[C@@H](C(=O)NCC4CC(F)(I)C4)C(C)(C)N3)(C1)C2. The van der Waals surface area contributed by atoms with Gasteiger partial charge in [-0.05, 0) is 99.1 Å². The van der Waals surface area contributed by atoms with E-state index in [9.17, 15) is 26.4 Å². The quantitative estimate of drug-likeness (QED) is 0.219. The largest absolute Gasteiger partial charge is 0.366 e. The van der Waals surface area contributed by atoms with Crippen LogP contribution in [0.1, 0.15) is 64.9 Å². The summed E-state index contributed by atoms with van der Waals surface area (Å²) in [5, 5.41) is 6.94. The van der Waals surface area contributed by atoms with Gasteiger partial charge in [-0.25, -0.2) is 21.6 Å². The van der Waals surface area contributed by atoms with Crippen LogP contribution in [0.3, 0.4) is 0 Å². The monoisotopic (exact) mass is 748 g/mol. The van der Waals surface area contributed by atoms with Gasteiger partial charge in [0.1, 0.15) is 5.84 Å². The fourth-order valence-electron chi connectivity index (χ4n) is 6.66. The molecular formula is C27H34Cl2F3IN4O3S. The highest BCUT2D eigenvalue weighted by atomic mass is 127. The van der Waals surface area contributed by atoms with E-state index in [2.05, 4.69) is 10.6 Å². The van der Waals surface area contributed by atoms with Crippen LogP contribution in [-0.2, 0) is 21.4 Å². The van der Waals surface area contributed by atoms with Gasteiger partial charge in [0, 0.05) is 30.5 Å². The zero-order chi connectivity index (χ0) is 30.2. The van der Waals surface area contributed by atoms with Gasteiger partial charge in [-0.3, -0.25) is 9.79 Å². The lowest BCUT2D eigenvalue weighted by Gasteiger charge is -2.73. The molecule has 14 heteroatoms. The molecular weight excluding hydrogens is 715 g/mol. The van der Waals surface area contributed by atoms with Gasteiger partial charge < -0.3 is 10.6 Å². The molecule has 0 unspecified atom stereocenters. The maximum Gasteiger partial charge on any atom is 0.247 e. The predicted molar refractivity (Wildman–Crippen MR) is 162 cm³/mol. The zero-order valence-corrected chi connectivity index (χ0v) is 27.5. The number of amides is 1. The average Bonchev–Trinajstić information content (AvgIpc) is 3.09. The van der Waals surface area contributed by atoms with E-state index >= 15 is 0 Å². The first-order valence-electron chi connectivity index (χ1n) is 13.6. The second-order valence-electron chi connectivity index (χ2n) is 13.0. The maximum absolute atomic E-state index is 13.8. The topological polar surface area (TPSA) is 90.9 Å². The average molecular weight is 749 g/mol. The summed E-state index contributed by atoms with van der Waals surface area (Å²) in [5.74, 6) is -3.24. The van der Waals surface area contributed by atoms with Crippen LogP contribution in [0.15, 0.2) is 23.2 Å². The second-order valence-corrected chi connectivity index (χ2v) is 17.8. The zero-order valence-electron chi connectivity index (χ0n) is 23.0. The third kappa shape index (κ3) is 6.23. The van der Waals surface area contributed by atoms with Gasteiger partial charge in [-0.2, -0.15) is 4.31 Å². The number of nitrogens with zero attached hydrogens (tertiary/aromatic N) is 2. The van der Waals surface area contributed by atoms with E-state index in [0.717, 1.165) is 0 Å². The Labute approximate surface area is 262 Å². The fourth-order valence-corrected chi connectivity index (χ4v) is 10.2. The van der Waals surface area contributed by atoms with Gasteiger partial charge in [0.2, 0.25) is 21.9 Å². The van der Waals surface area contributed by atoms with Crippen molar-refractivity contribution in [2.45, 2.75) is 92.6 Å². The Balaban J connectivity index is 1.30. The summed E-state index contributed by atoms with van der Waals surface area (Å²) in [6.07, 6.45) is 1.45. The minimum absolute atomic E-state index is 0.0143. The van der Waals surface area contributed by atoms with Crippen molar-refractivity contribution in [1.29, 1.82) is 0 Å². The molecule has 4 fully saturated rings. The highest BCUT2D eigenvalue weighted by Gasteiger charge is 2.75. The van der Waals surface area contributed by atoms with Gasteiger partial charge in [0.15, 0.2) is 9.72 Å². The lowest BCUT2D eigenvalue weighted by atomic mass is 9.38. The van der Waals surface area contributed by atoms with E-state index in [1.807, 2.05) is 13.8 Å². The number of amidine groups is 1. The van der Waals surface area contributed by atoms with Gasteiger partial charge in [0.05, 0.1) is 21.3 Å². The van der Waals surface area contributed by atoms with Gasteiger partial charge in [-0.15, -0.1) is 0 Å². The van der Waals surface area contributed by atoms with Crippen molar-refractivity contribution >= 4 is 67.6 Å². The number of aliphatic imine (C=N–C) groups is 1. The first-order chi connectivity index (χ1) is 18.7. The smallest absolute Gasteiger partial charge is 0.247 e. The summed E-state index contributed by atoms with van der Waals surface area (Å²) in [5.41, 5.74) is -1.19. The van der Waals surface area contributed by atoms with E-state index in [1.165, 1.54) is 4.31 Å². The van der Waals surface area contributed by atoms with Crippen LogP contribution in [0.2, 0.25) is 10.0 Å². The van der Waals surface area contributed by atoms with Crippen molar-refractivity contribution in [1.82, 2.24) is 14.9 Å². The fraction of sp³-hybridized carbons (Fsp3) is 0.704. The van der Waals surface area contributed by atoms with Crippen molar-refractivity contribution in [3.05, 3.63) is 33.8 Å². The number of nitrogens with one attached hydrogen (secondary N) is 2. The van der Waals surface area contributed by atoms with E-state index in [4.69, 9.17) is 28.2 Å². The minimum Gasteiger partial charge on any atom is -0.366 e. The Morgan fingerprint density at radius 3 is 2.41 bits per heavy atom. The molecule has 2 bridgehead atoms. The second kappa shape index (κ2) is 10.4. The van der Waals surface area contributed by atoms with Crippen LogP contribution in [0.5, 0.6) is 0 Å². The standard InChI is InChI=1S/C27H34Cl2F3IN4O3S/c1-23(2)20(21(38)34-11-17-9-27(32,33)10-17)35-22(36-23)25-13-26(14-25,15-25)37(41(39,40)7-6-24(3,30)31)12-16-4-5-18(28)19(29)8-16/h4-5,8,17,20H,6-7,9-15H2,1-3H3,(H,34,38)(H,35,36)/t17?,20-,25?,26?,27?/m0/s1. The van der Waals surface area contributed by atoms with Gasteiger partial charge >= 0.3 is 0 Å². The Hall–Kier alpha value is -0.830. The molecule has 1 atom stereocenters. The molecule has 7 nitrogen and oxygen atoms in total. The first-order valence-corrected chi connectivity index (χ1v) is 17.0. The van der Waals surface area contributed by atoms with Crippen molar-refractivity contribution < 1.29 is 26.4 Å². The molecule has 1 heterocycles. The summed E-state index contributed by atoms with van der Waals surface area (Å²) in [7, 11) is -4.05. The normalized spacial score (nSPS) is 33.8. The number of sulfonamides is 1. The first kappa shape index (κ1) is 31.6. The molecule has 4 aliphatic carbocycles. The van der Waals surface area contributed by atoms with Crippen LogP contribution < -0.4 is 10.6 Å². The van der Waals surface area contributed by atoms with E-state index in [0.29, 0.717) is 62.0 Å². The van der Waals surface area contributed by atoms with Crippen LogP contribution >= 0.6 is 45.8 Å². The molecule has 0 saturated heterocycles. The number of alkyl halides is 4. The molecule has 1 aliphatic heterocycles. The van der Waals surface area contributed by atoms with Crippen molar-refractivity contribution in [2.24, 2.45) is 16.3 Å². The van der Waals surface area contributed by atoms with Crippen LogP contribution in [0, 0.1) is 11.3 Å². The van der Waals surface area contributed by atoms with E-state index in [1.54, 1.807) is 40.8 Å². The maximum atomic E-state index is 13.8. The highest BCUT2D eigenvalue weighted by Crippen LogP contribution is 2.71. The van der Waals surface area contributed by atoms with Crippen molar-refractivity contribution in [3.8, 4) is 0 Å². The Bertz CT molecular complexity index is 1360. The number of halogens is 6. The van der Waals surface area contributed by atoms with Crippen LogP contribution in [0.25, 0.3) is 0 Å². The molecule has 0 aromatic heterocycles. The third-order valence-corrected chi connectivity index (χ3v) is 12.4. The lowest BCUT2D eigenvalue weighted by Crippen LogP contribution is -2.78. The van der Waals surface area contributed by atoms with Crippen LogP contribution in [0.4, 0.5) is 13.2 Å². The Morgan fingerprint density at radius 1 is 1.22 bits per heavy atom. The number of hydrogen-bond acceptors (Lipinski definition) is 5. The summed E-state index contributed by atoms with van der Waals surface area (Å²) < 4.78 is 68.2. The summed E-state index contributed by atoms with van der Waals surface area (Å²) in [6.45, 7) is 4.88. The number of rotatable bonds is 11. The molecule has 2 N–H and O–H groups in total. The molecule has 0 spiro atoms.